The topological polar surface area (TPSA) is 12.9 Å². The van der Waals surface area contributed by atoms with Crippen LogP contribution in [0.2, 0.25) is 0 Å². The van der Waals surface area contributed by atoms with Crippen LogP contribution in [0.15, 0.2) is 24.3 Å². The fourth-order valence-electron chi connectivity index (χ4n) is 1.39. The fourth-order valence-corrected chi connectivity index (χ4v) is 2.49. The second kappa shape index (κ2) is 4.29. The van der Waals surface area contributed by atoms with Crippen molar-refractivity contribution >= 4 is 22.9 Å². The van der Waals surface area contributed by atoms with Crippen molar-refractivity contribution in [3.8, 4) is 11.3 Å². The lowest BCUT2D eigenvalue weighted by Gasteiger charge is -1.98. The summed E-state index contributed by atoms with van der Waals surface area (Å²) in [6.07, 6.45) is 0. The zero-order valence-electron chi connectivity index (χ0n) is 8.13. The predicted molar refractivity (Wildman–Crippen MR) is 61.8 cm³/mol. The van der Waals surface area contributed by atoms with Crippen LogP contribution in [0.1, 0.15) is 9.88 Å². The van der Waals surface area contributed by atoms with E-state index >= 15 is 0 Å². The molecule has 0 aliphatic carbocycles. The summed E-state index contributed by atoms with van der Waals surface area (Å²) >= 11 is 7.40. The molecule has 1 aromatic carbocycles. The molecule has 0 bridgehead atoms. The summed E-state index contributed by atoms with van der Waals surface area (Å²) in [6, 6.07) is 6.31. The Morgan fingerprint density at radius 2 is 2.00 bits per heavy atom. The molecule has 2 rings (SSSR count). The Morgan fingerprint density at radius 3 is 2.60 bits per heavy atom. The van der Waals surface area contributed by atoms with Crippen LogP contribution in [0.3, 0.4) is 0 Å². The standard InChI is InChI=1S/C11H9ClFNS/c1-7-14-11(10(6-12)15-7)8-2-4-9(13)5-3-8/h2-5H,6H2,1H3. The number of aryl methyl sites for hydroxylation is 1. The third kappa shape index (κ3) is 2.19. The molecule has 15 heavy (non-hydrogen) atoms. The molecule has 0 aliphatic rings. The summed E-state index contributed by atoms with van der Waals surface area (Å²) < 4.78 is 12.7. The molecule has 0 spiro atoms. The first-order valence-electron chi connectivity index (χ1n) is 4.49. The lowest BCUT2D eigenvalue weighted by Crippen LogP contribution is -1.83. The van der Waals surface area contributed by atoms with E-state index < -0.39 is 0 Å². The van der Waals surface area contributed by atoms with Gasteiger partial charge in [-0.05, 0) is 31.2 Å². The van der Waals surface area contributed by atoms with Crippen molar-refractivity contribution in [3.63, 3.8) is 0 Å². The van der Waals surface area contributed by atoms with E-state index in [0.717, 1.165) is 21.1 Å². The van der Waals surface area contributed by atoms with Crippen LogP contribution in [0.25, 0.3) is 11.3 Å². The number of hydrogen-bond acceptors (Lipinski definition) is 2. The van der Waals surface area contributed by atoms with E-state index in [4.69, 9.17) is 11.6 Å². The Morgan fingerprint density at radius 1 is 1.33 bits per heavy atom. The molecule has 0 fully saturated rings. The van der Waals surface area contributed by atoms with Gasteiger partial charge in [-0.3, -0.25) is 0 Å². The van der Waals surface area contributed by atoms with Crippen molar-refractivity contribution < 1.29 is 4.39 Å². The minimum absolute atomic E-state index is 0.238. The molecular formula is C11H9ClFNS. The van der Waals surface area contributed by atoms with E-state index in [2.05, 4.69) is 4.98 Å². The molecule has 0 amide bonds. The zero-order chi connectivity index (χ0) is 10.8. The summed E-state index contributed by atoms with van der Waals surface area (Å²) in [5.74, 6) is 0.205. The average Bonchev–Trinajstić information content (AvgIpc) is 2.61. The first-order valence-corrected chi connectivity index (χ1v) is 5.84. The predicted octanol–water partition coefficient (Wildman–Crippen LogP) is 4.00. The molecule has 0 aliphatic heterocycles. The Hall–Kier alpha value is -0.930. The molecule has 1 nitrogen and oxygen atoms in total. The molecule has 0 saturated heterocycles. The largest absolute Gasteiger partial charge is 0.241 e. The molecule has 1 aromatic heterocycles. The van der Waals surface area contributed by atoms with E-state index in [0.29, 0.717) is 5.88 Å². The molecular weight excluding hydrogens is 233 g/mol. The van der Waals surface area contributed by atoms with Gasteiger partial charge in [0.25, 0.3) is 0 Å². The monoisotopic (exact) mass is 241 g/mol. The van der Waals surface area contributed by atoms with E-state index in [1.807, 2.05) is 6.92 Å². The summed E-state index contributed by atoms with van der Waals surface area (Å²) in [7, 11) is 0. The quantitative estimate of drug-likeness (QED) is 0.725. The highest BCUT2D eigenvalue weighted by Gasteiger charge is 2.09. The van der Waals surface area contributed by atoms with Gasteiger partial charge in [0.1, 0.15) is 5.82 Å². The smallest absolute Gasteiger partial charge is 0.123 e. The van der Waals surface area contributed by atoms with Crippen LogP contribution in [-0.4, -0.2) is 4.98 Å². The summed E-state index contributed by atoms with van der Waals surface area (Å²) in [5, 5.41) is 0.977. The molecule has 1 heterocycles. The maximum absolute atomic E-state index is 12.7. The lowest BCUT2D eigenvalue weighted by molar-refractivity contribution is 0.628. The first-order chi connectivity index (χ1) is 7.20. The van der Waals surface area contributed by atoms with Crippen LogP contribution >= 0.6 is 22.9 Å². The normalized spacial score (nSPS) is 10.6. The van der Waals surface area contributed by atoms with Crippen molar-refractivity contribution in [2.75, 3.05) is 0 Å². The van der Waals surface area contributed by atoms with Gasteiger partial charge in [-0.25, -0.2) is 9.37 Å². The molecule has 2 aromatic rings. The lowest BCUT2D eigenvalue weighted by atomic mass is 10.1. The van der Waals surface area contributed by atoms with Gasteiger partial charge in [0, 0.05) is 10.4 Å². The van der Waals surface area contributed by atoms with E-state index in [-0.39, 0.29) is 5.82 Å². The second-order valence-electron chi connectivity index (χ2n) is 3.15. The minimum atomic E-state index is -0.238. The minimum Gasteiger partial charge on any atom is -0.241 e. The number of halogens is 2. The first kappa shape index (κ1) is 10.6. The van der Waals surface area contributed by atoms with Crippen molar-refractivity contribution in [1.29, 1.82) is 0 Å². The average molecular weight is 242 g/mol. The molecule has 0 N–H and O–H groups in total. The number of rotatable bonds is 2. The summed E-state index contributed by atoms with van der Waals surface area (Å²) in [6.45, 7) is 1.94. The van der Waals surface area contributed by atoms with E-state index in [1.165, 1.54) is 12.1 Å². The molecule has 0 saturated carbocycles. The van der Waals surface area contributed by atoms with Crippen molar-refractivity contribution in [2.24, 2.45) is 0 Å². The maximum atomic E-state index is 12.7. The number of aromatic nitrogens is 1. The second-order valence-corrected chi connectivity index (χ2v) is 4.70. The van der Waals surface area contributed by atoms with Crippen molar-refractivity contribution in [3.05, 3.63) is 40.0 Å². The SMILES string of the molecule is Cc1nc(-c2ccc(F)cc2)c(CCl)s1. The highest BCUT2D eigenvalue weighted by molar-refractivity contribution is 7.12. The van der Waals surface area contributed by atoms with Crippen molar-refractivity contribution in [1.82, 2.24) is 4.98 Å². The number of thiazole rings is 1. The van der Waals surface area contributed by atoms with Gasteiger partial charge in [0.15, 0.2) is 0 Å². The molecule has 0 radical (unpaired) electrons. The number of nitrogens with zero attached hydrogens (tertiary/aromatic N) is 1. The molecule has 78 valence electrons. The van der Waals surface area contributed by atoms with Gasteiger partial charge >= 0.3 is 0 Å². The van der Waals surface area contributed by atoms with Crippen LogP contribution < -0.4 is 0 Å². The Bertz CT molecular complexity index is 464. The maximum Gasteiger partial charge on any atom is 0.123 e. The Labute approximate surface area is 96.5 Å². The molecule has 0 unspecified atom stereocenters. The third-order valence-electron chi connectivity index (χ3n) is 2.04. The third-order valence-corrected chi connectivity index (χ3v) is 3.44. The highest BCUT2D eigenvalue weighted by Crippen LogP contribution is 2.29. The zero-order valence-corrected chi connectivity index (χ0v) is 9.70. The molecule has 4 heteroatoms. The van der Waals surface area contributed by atoms with Crippen LogP contribution in [0.4, 0.5) is 4.39 Å². The Balaban J connectivity index is 2.48. The highest BCUT2D eigenvalue weighted by atomic mass is 35.5. The summed E-state index contributed by atoms with van der Waals surface area (Å²) in [5.41, 5.74) is 1.78. The van der Waals surface area contributed by atoms with Gasteiger partial charge < -0.3 is 0 Å². The van der Waals surface area contributed by atoms with Gasteiger partial charge in [-0.2, -0.15) is 0 Å². The van der Waals surface area contributed by atoms with E-state index in [1.54, 1.807) is 23.5 Å². The fraction of sp³-hybridized carbons (Fsp3) is 0.182. The van der Waals surface area contributed by atoms with Crippen LogP contribution in [0.5, 0.6) is 0 Å². The van der Waals surface area contributed by atoms with Gasteiger partial charge in [0.05, 0.1) is 16.6 Å². The van der Waals surface area contributed by atoms with E-state index in [9.17, 15) is 4.39 Å². The van der Waals surface area contributed by atoms with Gasteiger partial charge in [-0.15, -0.1) is 22.9 Å². The Kier molecular flexibility index (Phi) is 3.03. The van der Waals surface area contributed by atoms with Crippen LogP contribution in [0, 0.1) is 12.7 Å². The molecule has 0 atom stereocenters. The number of benzene rings is 1. The van der Waals surface area contributed by atoms with Gasteiger partial charge in [-0.1, -0.05) is 0 Å². The van der Waals surface area contributed by atoms with Crippen LogP contribution in [-0.2, 0) is 5.88 Å². The number of hydrogen-bond donors (Lipinski definition) is 0. The van der Waals surface area contributed by atoms with Crippen molar-refractivity contribution in [2.45, 2.75) is 12.8 Å². The van der Waals surface area contributed by atoms with Gasteiger partial charge in [0.2, 0.25) is 0 Å². The number of alkyl halides is 1. The summed E-state index contributed by atoms with van der Waals surface area (Å²) in [4.78, 5) is 5.42.